The van der Waals surface area contributed by atoms with Crippen molar-refractivity contribution < 1.29 is 29.1 Å². The number of rotatable bonds is 0. The van der Waals surface area contributed by atoms with E-state index in [2.05, 4.69) is 19.2 Å². The van der Waals surface area contributed by atoms with Gasteiger partial charge in [-0.25, -0.2) is 0 Å². The quantitative estimate of drug-likeness (QED) is 0.582. The van der Waals surface area contributed by atoms with Crippen LogP contribution in [0, 0.1) is 0 Å². The summed E-state index contributed by atoms with van der Waals surface area (Å²) >= 11 is 3.07. The van der Waals surface area contributed by atoms with Gasteiger partial charge >= 0.3 is 53.6 Å². The Bertz CT molecular complexity index is 205. The molecule has 0 N–H and O–H groups in total. The monoisotopic (exact) mass is 242 g/mol. The van der Waals surface area contributed by atoms with Crippen molar-refractivity contribution in [1.29, 1.82) is 0 Å². The summed E-state index contributed by atoms with van der Waals surface area (Å²) in [4.78, 5) is 8.89. The zero-order valence-corrected chi connectivity index (χ0v) is 7.57. The van der Waals surface area contributed by atoms with E-state index in [1.54, 1.807) is 0 Å². The fourth-order valence-corrected chi connectivity index (χ4v) is 0.702. The summed E-state index contributed by atoms with van der Waals surface area (Å²) < 4.78 is 1.17. The van der Waals surface area contributed by atoms with Gasteiger partial charge in [-0.1, -0.05) is 0 Å². The Labute approximate surface area is 76.7 Å². The van der Waals surface area contributed by atoms with Crippen LogP contribution in [0.3, 0.4) is 0 Å². The molecule has 0 fully saturated rings. The predicted octanol–water partition coefficient (Wildman–Crippen LogP) is -0.385. The van der Waals surface area contributed by atoms with E-state index < -0.39 is 5.97 Å². The fraction of sp³-hybridized carbons (Fsp3) is 0.125. The van der Waals surface area contributed by atoms with Crippen LogP contribution in [0.2, 0.25) is 0 Å². The molecule has 1 aromatic rings. The normalized spacial score (nSPS) is 7.91. The van der Waals surface area contributed by atoms with Crippen LogP contribution in [0.5, 0.6) is 0 Å². The van der Waals surface area contributed by atoms with Crippen LogP contribution in [-0.4, -0.2) is 5.97 Å². The van der Waals surface area contributed by atoms with Crippen LogP contribution in [-0.2, 0) is 24.0 Å². The van der Waals surface area contributed by atoms with E-state index in [9.17, 15) is 0 Å². The number of aliphatic carboxylic acids is 1. The minimum absolute atomic E-state index is 0.972. The third kappa shape index (κ3) is 9.35. The fourth-order valence-electron chi connectivity index (χ4n) is 0.403. The first kappa shape index (κ1) is 10.4. The van der Waals surface area contributed by atoms with Gasteiger partial charge in [0, 0.05) is 5.97 Å². The second kappa shape index (κ2) is 6.09. The number of carboxylic acids is 1. The maximum absolute atomic E-state index is 8.89. The number of benzene rings is 1. The number of hydrogen-bond donors (Lipinski definition) is 0. The maximum atomic E-state index is 8.89. The Morgan fingerprint density at radius 2 is 1.73 bits per heavy atom. The Balaban J connectivity index is 0.000000218. The Hall–Kier alpha value is -0.648. The van der Waals surface area contributed by atoms with Crippen molar-refractivity contribution in [2.24, 2.45) is 0 Å². The third-order valence-electron chi connectivity index (χ3n) is 0.713. The molecule has 0 aliphatic heterocycles. The first-order valence-electron chi connectivity index (χ1n) is 2.98. The van der Waals surface area contributed by atoms with Crippen LogP contribution in [0.25, 0.3) is 0 Å². The zero-order valence-electron chi connectivity index (χ0n) is 6.02. The van der Waals surface area contributed by atoms with Gasteiger partial charge in [-0.15, -0.1) is 0 Å². The van der Waals surface area contributed by atoms with Crippen molar-refractivity contribution >= 4 is 10.0 Å². The second-order valence-electron chi connectivity index (χ2n) is 1.75. The van der Waals surface area contributed by atoms with Crippen LogP contribution in [0.4, 0.5) is 0 Å². The molecule has 0 spiro atoms. The predicted molar refractivity (Wildman–Crippen MR) is 36.8 cm³/mol. The van der Waals surface area contributed by atoms with E-state index >= 15 is 0 Å². The van der Waals surface area contributed by atoms with E-state index in [1.807, 2.05) is 30.3 Å². The summed E-state index contributed by atoms with van der Waals surface area (Å²) in [5, 5.41) is 8.89. The average Bonchev–Trinajstić information content (AvgIpc) is 1.87. The van der Waals surface area contributed by atoms with E-state index in [1.165, 1.54) is 4.04 Å². The SMILES string of the molecule is CC(=O)[O-].[Pd+][c]1ccccc1. The molecular formula is C8H8O2Pd. The number of carbonyl (C=O) groups is 1. The zero-order chi connectivity index (χ0) is 8.69. The van der Waals surface area contributed by atoms with Crippen molar-refractivity contribution in [1.82, 2.24) is 0 Å². The van der Waals surface area contributed by atoms with Crippen molar-refractivity contribution in [3.8, 4) is 0 Å². The first-order valence-corrected chi connectivity index (χ1v) is 3.75. The van der Waals surface area contributed by atoms with E-state index in [-0.39, 0.29) is 0 Å². The van der Waals surface area contributed by atoms with Gasteiger partial charge in [-0.2, -0.15) is 0 Å². The van der Waals surface area contributed by atoms with Gasteiger partial charge in [-0.3, -0.25) is 0 Å². The van der Waals surface area contributed by atoms with Crippen LogP contribution < -0.4 is 9.14 Å². The summed E-state index contributed by atoms with van der Waals surface area (Å²) in [6.45, 7) is 0.972. The average molecular weight is 243 g/mol. The molecule has 62 valence electrons. The van der Waals surface area contributed by atoms with Gasteiger partial charge in [0.2, 0.25) is 0 Å². The van der Waals surface area contributed by atoms with Gasteiger partial charge in [0.15, 0.2) is 0 Å². The van der Waals surface area contributed by atoms with Gasteiger partial charge in [0.05, 0.1) is 0 Å². The Kier molecular flexibility index (Phi) is 5.73. The number of carboxylic acid groups (broad SMARTS) is 1. The Morgan fingerprint density at radius 3 is 1.91 bits per heavy atom. The molecule has 1 rings (SSSR count). The first-order chi connectivity index (χ1) is 5.13. The van der Waals surface area contributed by atoms with Gasteiger partial charge in [0.25, 0.3) is 0 Å². The van der Waals surface area contributed by atoms with Crippen molar-refractivity contribution in [3.05, 3.63) is 30.3 Å². The topological polar surface area (TPSA) is 40.1 Å². The molecule has 3 heteroatoms. The molecule has 0 radical (unpaired) electrons. The molecule has 0 heterocycles. The Morgan fingerprint density at radius 1 is 1.36 bits per heavy atom. The minimum atomic E-state index is -1.08. The third-order valence-corrected chi connectivity index (χ3v) is 1.23. The molecule has 0 saturated carbocycles. The molecule has 0 amide bonds. The molecule has 0 aromatic heterocycles. The summed E-state index contributed by atoms with van der Waals surface area (Å²) in [7, 11) is 0. The molecule has 0 saturated heterocycles. The van der Waals surface area contributed by atoms with Gasteiger partial charge < -0.3 is 9.90 Å². The van der Waals surface area contributed by atoms with Crippen molar-refractivity contribution in [3.63, 3.8) is 0 Å². The molecule has 2 nitrogen and oxygen atoms in total. The van der Waals surface area contributed by atoms with Gasteiger partial charge in [0.1, 0.15) is 0 Å². The van der Waals surface area contributed by atoms with E-state index in [0.717, 1.165) is 6.92 Å². The van der Waals surface area contributed by atoms with Crippen LogP contribution >= 0.6 is 0 Å². The molecule has 1 aromatic carbocycles. The molecule has 0 atom stereocenters. The van der Waals surface area contributed by atoms with E-state index in [0.29, 0.717) is 0 Å². The number of hydrogen-bond acceptors (Lipinski definition) is 2. The van der Waals surface area contributed by atoms with Gasteiger partial charge in [-0.05, 0) is 6.92 Å². The van der Waals surface area contributed by atoms with Crippen molar-refractivity contribution in [2.75, 3.05) is 0 Å². The van der Waals surface area contributed by atoms with Crippen molar-refractivity contribution in [2.45, 2.75) is 6.92 Å². The summed E-state index contributed by atoms with van der Waals surface area (Å²) in [5.74, 6) is -1.08. The van der Waals surface area contributed by atoms with Crippen LogP contribution in [0.1, 0.15) is 6.92 Å². The molecule has 0 aliphatic rings. The summed E-state index contributed by atoms with van der Waals surface area (Å²) in [6, 6.07) is 10.0. The van der Waals surface area contributed by atoms with E-state index in [4.69, 9.17) is 9.90 Å². The summed E-state index contributed by atoms with van der Waals surface area (Å²) in [5.41, 5.74) is 0. The van der Waals surface area contributed by atoms with Crippen LogP contribution in [0.15, 0.2) is 30.3 Å². The summed E-state index contributed by atoms with van der Waals surface area (Å²) in [6.07, 6.45) is 0. The standard InChI is InChI=1S/C6H5.C2H4O2.Pd/c1-2-4-6-5-3-1;1-2(3)4;/h1-5H;1H3,(H,3,4);/q;;+1/p-1. The molecule has 11 heavy (non-hydrogen) atoms. The number of carbonyl (C=O) groups excluding carboxylic acids is 1. The molecule has 0 bridgehead atoms. The second-order valence-corrected chi connectivity index (χ2v) is 2.65. The molecular weight excluding hydrogens is 235 g/mol. The molecule has 0 aliphatic carbocycles. The molecule has 0 unspecified atom stereocenters.